The van der Waals surface area contributed by atoms with Crippen LogP contribution in [0.2, 0.25) is 5.02 Å². The van der Waals surface area contributed by atoms with Crippen LogP contribution < -0.4 is 4.90 Å². The van der Waals surface area contributed by atoms with E-state index in [1.807, 2.05) is 17.0 Å². The normalized spacial score (nSPS) is 28.2. The van der Waals surface area contributed by atoms with E-state index in [4.69, 9.17) is 16.3 Å². The van der Waals surface area contributed by atoms with Crippen molar-refractivity contribution in [2.45, 2.75) is 37.8 Å². The molecule has 0 spiro atoms. The summed E-state index contributed by atoms with van der Waals surface area (Å²) >= 11 is 6.35. The van der Waals surface area contributed by atoms with Crippen molar-refractivity contribution < 1.29 is 9.53 Å². The van der Waals surface area contributed by atoms with Gasteiger partial charge in [-0.05, 0) is 31.4 Å². The lowest BCUT2D eigenvalue weighted by Crippen LogP contribution is -2.63. The summed E-state index contributed by atoms with van der Waals surface area (Å²) in [6, 6.07) is 8.68. The fraction of sp³-hybridized carbons (Fsp3) is 0.632. The zero-order valence-electron chi connectivity index (χ0n) is 14.8. The zero-order chi connectivity index (χ0) is 17.4. The van der Waals surface area contributed by atoms with Gasteiger partial charge in [-0.2, -0.15) is 0 Å². The maximum atomic E-state index is 12.0. The molecule has 1 unspecified atom stereocenters. The lowest BCUT2D eigenvalue weighted by molar-refractivity contribution is 0.0191. The molecule has 0 saturated carbocycles. The van der Waals surface area contributed by atoms with Gasteiger partial charge in [-0.25, -0.2) is 4.79 Å². The van der Waals surface area contributed by atoms with Gasteiger partial charge in [-0.3, -0.25) is 9.80 Å². The Bertz CT molecular complexity index is 647. The molecule has 6 heteroatoms. The zero-order valence-corrected chi connectivity index (χ0v) is 15.5. The molecule has 0 N–H and O–H groups in total. The third-order valence-corrected chi connectivity index (χ3v) is 6.52. The summed E-state index contributed by atoms with van der Waals surface area (Å²) in [5.41, 5.74) is 1.03. The number of piperidine rings is 1. The van der Waals surface area contributed by atoms with E-state index in [1.54, 1.807) is 0 Å². The monoisotopic (exact) mass is 363 g/mol. The van der Waals surface area contributed by atoms with E-state index in [0.717, 1.165) is 62.7 Å². The van der Waals surface area contributed by atoms with Crippen molar-refractivity contribution in [1.29, 1.82) is 0 Å². The SMILES string of the molecule is CCC12COC(=O)N1CCN(C1CCN(c3ccccc3Cl)CC1)C2. The number of carbonyl (C=O) groups is 1. The molecule has 3 aliphatic heterocycles. The number of amides is 1. The minimum absolute atomic E-state index is 0.116. The number of piperazine rings is 1. The van der Waals surface area contributed by atoms with Gasteiger partial charge in [0.05, 0.1) is 16.2 Å². The molecule has 3 aliphatic rings. The van der Waals surface area contributed by atoms with Crippen LogP contribution in [0.1, 0.15) is 26.2 Å². The summed E-state index contributed by atoms with van der Waals surface area (Å²) < 4.78 is 5.36. The predicted octanol–water partition coefficient (Wildman–Crippen LogP) is 3.23. The number of halogens is 1. The average molecular weight is 364 g/mol. The number of hydrogen-bond acceptors (Lipinski definition) is 4. The van der Waals surface area contributed by atoms with Crippen molar-refractivity contribution in [3.63, 3.8) is 0 Å². The van der Waals surface area contributed by atoms with Crippen molar-refractivity contribution in [2.24, 2.45) is 0 Å². The Kier molecular flexibility index (Phi) is 4.54. The number of benzene rings is 1. The molecule has 3 saturated heterocycles. The van der Waals surface area contributed by atoms with Crippen LogP contribution in [-0.2, 0) is 4.74 Å². The second-order valence-corrected chi connectivity index (χ2v) is 7.83. The van der Waals surface area contributed by atoms with E-state index in [1.165, 1.54) is 0 Å². The molecule has 1 atom stereocenters. The highest BCUT2D eigenvalue weighted by molar-refractivity contribution is 6.33. The Labute approximate surface area is 154 Å². The topological polar surface area (TPSA) is 36.0 Å². The lowest BCUT2D eigenvalue weighted by Gasteiger charge is -2.48. The molecule has 3 heterocycles. The second kappa shape index (κ2) is 6.69. The van der Waals surface area contributed by atoms with Gasteiger partial charge in [0.25, 0.3) is 0 Å². The van der Waals surface area contributed by atoms with E-state index in [0.29, 0.717) is 12.6 Å². The molecule has 3 fully saturated rings. The van der Waals surface area contributed by atoms with Crippen LogP contribution >= 0.6 is 11.6 Å². The van der Waals surface area contributed by atoms with Crippen LogP contribution in [0.5, 0.6) is 0 Å². The Balaban J connectivity index is 1.40. The van der Waals surface area contributed by atoms with Gasteiger partial charge in [0.1, 0.15) is 6.61 Å². The summed E-state index contributed by atoms with van der Waals surface area (Å²) in [6.07, 6.45) is 3.10. The van der Waals surface area contributed by atoms with Gasteiger partial charge in [-0.15, -0.1) is 0 Å². The summed E-state index contributed by atoms with van der Waals surface area (Å²) in [5, 5.41) is 0.834. The van der Waals surface area contributed by atoms with Crippen LogP contribution in [0.15, 0.2) is 24.3 Å². The first-order chi connectivity index (χ1) is 12.1. The minimum Gasteiger partial charge on any atom is -0.447 e. The first kappa shape index (κ1) is 17.0. The number of para-hydroxylation sites is 1. The summed E-state index contributed by atoms with van der Waals surface area (Å²) in [5.74, 6) is 0. The molecule has 1 aromatic rings. The van der Waals surface area contributed by atoms with Crippen LogP contribution in [-0.4, -0.2) is 66.8 Å². The number of ether oxygens (including phenoxy) is 1. The summed E-state index contributed by atoms with van der Waals surface area (Å²) in [7, 11) is 0. The van der Waals surface area contributed by atoms with Crippen molar-refractivity contribution in [3.05, 3.63) is 29.3 Å². The quantitative estimate of drug-likeness (QED) is 0.826. The number of rotatable bonds is 3. The minimum atomic E-state index is -0.130. The number of anilines is 1. The first-order valence-electron chi connectivity index (χ1n) is 9.31. The van der Waals surface area contributed by atoms with Crippen molar-refractivity contribution in [1.82, 2.24) is 9.80 Å². The molecule has 4 rings (SSSR count). The Morgan fingerprint density at radius 2 is 1.96 bits per heavy atom. The van der Waals surface area contributed by atoms with Gasteiger partial charge in [0.2, 0.25) is 0 Å². The number of cyclic esters (lactones) is 1. The molecule has 136 valence electrons. The predicted molar refractivity (Wildman–Crippen MR) is 99.3 cm³/mol. The van der Waals surface area contributed by atoms with Crippen LogP contribution in [0, 0.1) is 0 Å². The highest BCUT2D eigenvalue weighted by atomic mass is 35.5. The maximum Gasteiger partial charge on any atom is 0.410 e. The second-order valence-electron chi connectivity index (χ2n) is 7.42. The number of nitrogens with zero attached hydrogens (tertiary/aromatic N) is 3. The van der Waals surface area contributed by atoms with Crippen molar-refractivity contribution >= 4 is 23.4 Å². The smallest absolute Gasteiger partial charge is 0.410 e. The Morgan fingerprint density at radius 3 is 2.68 bits per heavy atom. The fourth-order valence-corrected chi connectivity index (χ4v) is 4.84. The van der Waals surface area contributed by atoms with Gasteiger partial charge < -0.3 is 9.64 Å². The molecule has 1 amide bonds. The molecule has 0 radical (unpaired) electrons. The number of hydrogen-bond donors (Lipinski definition) is 0. The van der Waals surface area contributed by atoms with E-state index in [9.17, 15) is 4.79 Å². The molecular formula is C19H26ClN3O2. The molecule has 25 heavy (non-hydrogen) atoms. The first-order valence-corrected chi connectivity index (χ1v) is 9.69. The lowest BCUT2D eigenvalue weighted by atomic mass is 9.90. The molecule has 0 aliphatic carbocycles. The highest BCUT2D eigenvalue weighted by Gasteiger charge is 2.50. The van der Waals surface area contributed by atoms with E-state index < -0.39 is 0 Å². The standard InChI is InChI=1S/C19H26ClN3O2/c1-2-19-13-22(11-12-23(19)18(24)25-14-19)15-7-9-21(10-8-15)17-6-4-3-5-16(17)20/h3-6,15H,2,7-14H2,1H3. The van der Waals surface area contributed by atoms with Gasteiger partial charge in [-0.1, -0.05) is 30.7 Å². The van der Waals surface area contributed by atoms with E-state index in [2.05, 4.69) is 28.9 Å². The van der Waals surface area contributed by atoms with Crippen LogP contribution in [0.25, 0.3) is 0 Å². The number of fused-ring (bicyclic) bond motifs is 1. The third-order valence-electron chi connectivity index (χ3n) is 6.20. The molecular weight excluding hydrogens is 338 g/mol. The third kappa shape index (κ3) is 2.97. The van der Waals surface area contributed by atoms with E-state index >= 15 is 0 Å². The van der Waals surface area contributed by atoms with Gasteiger partial charge in [0.15, 0.2) is 0 Å². The molecule has 5 nitrogen and oxygen atoms in total. The molecule has 1 aromatic carbocycles. The summed E-state index contributed by atoms with van der Waals surface area (Å²) in [4.78, 5) is 18.9. The number of carbonyl (C=O) groups excluding carboxylic acids is 1. The van der Waals surface area contributed by atoms with Crippen LogP contribution in [0.4, 0.5) is 10.5 Å². The Morgan fingerprint density at radius 1 is 1.20 bits per heavy atom. The van der Waals surface area contributed by atoms with Gasteiger partial charge >= 0.3 is 6.09 Å². The Hall–Kier alpha value is -1.46. The molecule has 0 aromatic heterocycles. The highest BCUT2D eigenvalue weighted by Crippen LogP contribution is 2.35. The van der Waals surface area contributed by atoms with Gasteiger partial charge in [0, 0.05) is 38.8 Å². The fourth-order valence-electron chi connectivity index (χ4n) is 4.59. The van der Waals surface area contributed by atoms with Crippen molar-refractivity contribution in [2.75, 3.05) is 44.2 Å². The maximum absolute atomic E-state index is 12.0. The largest absolute Gasteiger partial charge is 0.447 e. The van der Waals surface area contributed by atoms with Crippen molar-refractivity contribution in [3.8, 4) is 0 Å². The van der Waals surface area contributed by atoms with Crippen LogP contribution in [0.3, 0.4) is 0 Å². The summed E-state index contributed by atoms with van der Waals surface area (Å²) in [6.45, 7) is 7.44. The molecule has 0 bridgehead atoms. The average Bonchev–Trinajstić information content (AvgIpc) is 2.99. The van der Waals surface area contributed by atoms with E-state index in [-0.39, 0.29) is 11.6 Å².